The minimum absolute atomic E-state index is 0.0201. The van der Waals surface area contributed by atoms with Gasteiger partial charge < -0.3 is 20.3 Å². The smallest absolute Gasteiger partial charge is 0.305 e. The van der Waals surface area contributed by atoms with Crippen LogP contribution in [0.5, 0.6) is 0 Å². The average molecular weight is 1110 g/mol. The lowest BCUT2D eigenvalue weighted by Gasteiger charge is -2.20. The monoisotopic (exact) mass is 1110 g/mol. The first kappa shape index (κ1) is 77.3. The predicted molar refractivity (Wildman–Crippen MR) is 347 cm³/mol. The minimum Gasteiger partial charge on any atom is -0.466 e. The molecule has 0 fully saturated rings. The molecule has 6 heteroatoms. The van der Waals surface area contributed by atoms with E-state index in [2.05, 4.69) is 31.3 Å². The van der Waals surface area contributed by atoms with Crippen molar-refractivity contribution in [1.29, 1.82) is 0 Å². The summed E-state index contributed by atoms with van der Waals surface area (Å²) >= 11 is 0. The number of carbonyl (C=O) groups excluding carboxylic acids is 2. The molecule has 6 nitrogen and oxygen atoms in total. The molecule has 0 bridgehead atoms. The van der Waals surface area contributed by atoms with Gasteiger partial charge >= 0.3 is 5.97 Å². The van der Waals surface area contributed by atoms with Gasteiger partial charge in [-0.1, -0.05) is 359 Å². The Morgan fingerprint density at radius 3 is 0.899 bits per heavy atom. The number of hydrogen-bond donors (Lipinski definition) is 3. The van der Waals surface area contributed by atoms with Gasteiger partial charge in [-0.3, -0.25) is 9.59 Å². The van der Waals surface area contributed by atoms with Crippen LogP contribution in [0.25, 0.3) is 0 Å². The lowest BCUT2D eigenvalue weighted by molar-refractivity contribution is -0.143. The van der Waals surface area contributed by atoms with Gasteiger partial charge in [-0.15, -0.1) is 0 Å². The zero-order valence-corrected chi connectivity index (χ0v) is 53.6. The SMILES string of the molecule is CCCCCCCCCCCCCCCCC/C=C/C(O)C(CO)NC(=O)CCCCCCCCCCCCCCCCCC/C=C\CCCCCCCCCCCCCCOC(=O)CCCCCCCCCCCCCCC. The van der Waals surface area contributed by atoms with Gasteiger partial charge in [-0.2, -0.15) is 0 Å². The maximum atomic E-state index is 12.5. The molecular weight excluding hydrogens is 971 g/mol. The van der Waals surface area contributed by atoms with Crippen molar-refractivity contribution >= 4 is 11.9 Å². The Morgan fingerprint density at radius 1 is 0.342 bits per heavy atom. The lowest BCUT2D eigenvalue weighted by Crippen LogP contribution is -2.45. The average Bonchev–Trinajstić information content (AvgIpc) is 3.45. The number of aliphatic hydroxyl groups is 2. The summed E-state index contributed by atoms with van der Waals surface area (Å²) in [6.07, 6.45) is 87.0. The summed E-state index contributed by atoms with van der Waals surface area (Å²) < 4.78 is 5.49. The molecule has 0 aliphatic rings. The number of rotatable bonds is 68. The summed E-state index contributed by atoms with van der Waals surface area (Å²) in [7, 11) is 0. The van der Waals surface area contributed by atoms with E-state index in [0.29, 0.717) is 19.4 Å². The second kappa shape index (κ2) is 68.8. The number of hydrogen-bond acceptors (Lipinski definition) is 5. The predicted octanol–water partition coefficient (Wildman–Crippen LogP) is 23.3. The second-order valence-corrected chi connectivity index (χ2v) is 24.9. The number of aliphatic hydroxyl groups excluding tert-OH is 2. The molecule has 2 atom stereocenters. The molecule has 79 heavy (non-hydrogen) atoms. The third-order valence-electron chi connectivity index (χ3n) is 17.0. The number of amides is 1. The molecule has 0 aromatic carbocycles. The number of ether oxygens (including phenoxy) is 1. The summed E-state index contributed by atoms with van der Waals surface area (Å²) in [6.45, 7) is 4.94. The van der Waals surface area contributed by atoms with Crippen LogP contribution in [0.4, 0.5) is 0 Å². The van der Waals surface area contributed by atoms with E-state index in [-0.39, 0.29) is 18.5 Å². The van der Waals surface area contributed by atoms with Gasteiger partial charge in [0.1, 0.15) is 0 Å². The summed E-state index contributed by atoms with van der Waals surface area (Å²) in [5.41, 5.74) is 0. The van der Waals surface area contributed by atoms with E-state index < -0.39 is 12.1 Å². The molecule has 0 heterocycles. The van der Waals surface area contributed by atoms with Crippen LogP contribution in [-0.2, 0) is 14.3 Å². The molecule has 1 amide bonds. The van der Waals surface area contributed by atoms with Gasteiger partial charge in [-0.25, -0.2) is 0 Å². The number of allylic oxidation sites excluding steroid dienone is 3. The third-order valence-corrected chi connectivity index (χ3v) is 17.0. The zero-order valence-electron chi connectivity index (χ0n) is 53.6. The Balaban J connectivity index is 3.37. The van der Waals surface area contributed by atoms with E-state index in [1.165, 1.54) is 340 Å². The summed E-state index contributed by atoms with van der Waals surface area (Å²) in [5.74, 6) is -0.0419. The summed E-state index contributed by atoms with van der Waals surface area (Å²) in [6, 6.07) is -0.626. The maximum Gasteiger partial charge on any atom is 0.305 e. The highest BCUT2D eigenvalue weighted by Crippen LogP contribution is 2.19. The van der Waals surface area contributed by atoms with Crippen molar-refractivity contribution in [2.75, 3.05) is 13.2 Å². The van der Waals surface area contributed by atoms with Crippen molar-refractivity contribution < 1.29 is 24.5 Å². The molecule has 3 N–H and O–H groups in total. The Labute approximate surface area is 494 Å². The Kier molecular flexibility index (Phi) is 67.4. The highest BCUT2D eigenvalue weighted by atomic mass is 16.5. The summed E-state index contributed by atoms with van der Waals surface area (Å²) in [5, 5.41) is 23.2. The number of esters is 1. The van der Waals surface area contributed by atoms with E-state index in [1.54, 1.807) is 6.08 Å². The van der Waals surface area contributed by atoms with E-state index >= 15 is 0 Å². The van der Waals surface area contributed by atoms with Gasteiger partial charge in [0.2, 0.25) is 5.91 Å². The van der Waals surface area contributed by atoms with Gasteiger partial charge in [0.05, 0.1) is 25.4 Å². The molecule has 0 radical (unpaired) electrons. The van der Waals surface area contributed by atoms with Crippen LogP contribution in [0.2, 0.25) is 0 Å². The van der Waals surface area contributed by atoms with Crippen molar-refractivity contribution in [3.63, 3.8) is 0 Å². The Hall–Kier alpha value is -1.66. The van der Waals surface area contributed by atoms with Crippen LogP contribution in [-0.4, -0.2) is 47.4 Å². The quantitative estimate of drug-likeness (QED) is 0.0320. The molecule has 0 rings (SSSR count). The van der Waals surface area contributed by atoms with Crippen molar-refractivity contribution in [3.8, 4) is 0 Å². The van der Waals surface area contributed by atoms with E-state index in [9.17, 15) is 19.8 Å². The molecule has 0 aliphatic carbocycles. The van der Waals surface area contributed by atoms with Gasteiger partial charge in [0.15, 0.2) is 0 Å². The fraction of sp³-hybridized carbons (Fsp3) is 0.918. The third kappa shape index (κ3) is 65.4. The van der Waals surface area contributed by atoms with E-state index in [4.69, 9.17) is 4.74 Å². The number of unbranched alkanes of at least 4 members (excludes halogenated alkanes) is 55. The maximum absolute atomic E-state index is 12.5. The Morgan fingerprint density at radius 2 is 0.595 bits per heavy atom. The fourth-order valence-electron chi connectivity index (χ4n) is 11.5. The van der Waals surface area contributed by atoms with Crippen LogP contribution in [0.3, 0.4) is 0 Å². The lowest BCUT2D eigenvalue weighted by atomic mass is 10.0. The van der Waals surface area contributed by atoms with Gasteiger partial charge in [0, 0.05) is 12.8 Å². The zero-order chi connectivity index (χ0) is 57.1. The van der Waals surface area contributed by atoms with Crippen LogP contribution >= 0.6 is 0 Å². The van der Waals surface area contributed by atoms with Gasteiger partial charge in [-0.05, 0) is 57.8 Å². The summed E-state index contributed by atoms with van der Waals surface area (Å²) in [4.78, 5) is 24.6. The first-order chi connectivity index (χ1) is 39.0. The minimum atomic E-state index is -0.842. The van der Waals surface area contributed by atoms with E-state index in [1.807, 2.05) is 6.08 Å². The van der Waals surface area contributed by atoms with Crippen LogP contribution in [0.15, 0.2) is 24.3 Å². The normalized spacial score (nSPS) is 12.6. The molecule has 2 unspecified atom stereocenters. The van der Waals surface area contributed by atoms with Crippen LogP contribution < -0.4 is 5.32 Å². The largest absolute Gasteiger partial charge is 0.466 e. The van der Waals surface area contributed by atoms with Gasteiger partial charge in [0.25, 0.3) is 0 Å². The molecule has 0 aromatic heterocycles. The van der Waals surface area contributed by atoms with Crippen LogP contribution in [0, 0.1) is 0 Å². The molecule has 0 saturated carbocycles. The molecule has 468 valence electrons. The first-order valence-corrected chi connectivity index (χ1v) is 36.1. The molecular formula is C73H141NO5. The molecule has 0 aromatic rings. The fourth-order valence-corrected chi connectivity index (χ4v) is 11.5. The van der Waals surface area contributed by atoms with Crippen molar-refractivity contribution in [2.45, 2.75) is 418 Å². The second-order valence-electron chi connectivity index (χ2n) is 24.9. The molecule has 0 aliphatic heterocycles. The van der Waals surface area contributed by atoms with Crippen molar-refractivity contribution in [1.82, 2.24) is 5.32 Å². The number of carbonyl (C=O) groups is 2. The topological polar surface area (TPSA) is 95.9 Å². The standard InChI is InChI=1S/C73H141NO5/c1-3-5-7-9-11-13-15-17-18-35-38-42-45-49-53-57-61-65-71(76)70(69-75)74-72(77)66-62-58-54-50-46-43-39-36-33-31-29-27-25-23-21-19-20-22-24-26-28-30-32-34-37-40-44-48-52-56-60-64-68-79-73(78)67-63-59-55-51-47-41-16-14-12-10-8-6-4-2/h22,24,61,65,70-71,75-76H,3-21,23,25-60,62-64,66-69H2,1-2H3,(H,74,77)/b24-22-,65-61+. The molecule has 0 saturated heterocycles. The highest BCUT2D eigenvalue weighted by molar-refractivity contribution is 5.76. The molecule has 0 spiro atoms. The first-order valence-electron chi connectivity index (χ1n) is 36.1. The highest BCUT2D eigenvalue weighted by Gasteiger charge is 2.18. The number of nitrogens with one attached hydrogen (secondary N) is 1. The van der Waals surface area contributed by atoms with Crippen molar-refractivity contribution in [2.24, 2.45) is 0 Å². The van der Waals surface area contributed by atoms with E-state index in [0.717, 1.165) is 38.5 Å². The Bertz CT molecular complexity index is 1230. The van der Waals surface area contributed by atoms with Crippen molar-refractivity contribution in [3.05, 3.63) is 24.3 Å². The van der Waals surface area contributed by atoms with Crippen LogP contribution in [0.1, 0.15) is 406 Å².